The third-order valence-corrected chi connectivity index (χ3v) is 4.30. The quantitative estimate of drug-likeness (QED) is 0.899. The van der Waals surface area contributed by atoms with Crippen LogP contribution in [0.1, 0.15) is 52.1 Å². The maximum atomic E-state index is 4.52. The van der Waals surface area contributed by atoms with E-state index in [1.54, 1.807) is 0 Å². The van der Waals surface area contributed by atoms with Gasteiger partial charge in [0.2, 0.25) is 0 Å². The zero-order valence-electron chi connectivity index (χ0n) is 13.9. The molecule has 0 spiro atoms. The van der Waals surface area contributed by atoms with Gasteiger partial charge in [-0.25, -0.2) is 0 Å². The van der Waals surface area contributed by atoms with Gasteiger partial charge in [0.25, 0.3) is 0 Å². The highest BCUT2D eigenvalue weighted by Gasteiger charge is 2.22. The number of pyridine rings is 1. The molecule has 0 amide bonds. The first-order valence-corrected chi connectivity index (χ1v) is 8.39. The molecule has 0 radical (unpaired) electrons. The highest BCUT2D eigenvalue weighted by molar-refractivity contribution is 5.03. The molecule has 118 valence electrons. The lowest BCUT2D eigenvalue weighted by molar-refractivity contribution is 0.148. The summed E-state index contributed by atoms with van der Waals surface area (Å²) in [5, 5.41) is 3.53. The fourth-order valence-corrected chi connectivity index (χ4v) is 2.94. The van der Waals surface area contributed by atoms with Crippen LogP contribution in [0.5, 0.6) is 0 Å². The van der Waals surface area contributed by atoms with Crippen molar-refractivity contribution in [2.45, 2.75) is 59.0 Å². The third-order valence-electron chi connectivity index (χ3n) is 4.30. The van der Waals surface area contributed by atoms with Crippen molar-refractivity contribution in [3.8, 4) is 0 Å². The lowest BCUT2D eigenvalue weighted by Gasteiger charge is -2.33. The Labute approximate surface area is 130 Å². The van der Waals surface area contributed by atoms with E-state index in [4.69, 9.17) is 0 Å². The second-order valence-corrected chi connectivity index (χ2v) is 7.44. The molecule has 3 heteroatoms. The van der Waals surface area contributed by atoms with Gasteiger partial charge in [-0.1, -0.05) is 26.8 Å². The molecule has 0 saturated carbocycles. The molecule has 1 unspecified atom stereocenters. The van der Waals surface area contributed by atoms with E-state index in [1.165, 1.54) is 44.5 Å². The van der Waals surface area contributed by atoms with E-state index in [2.05, 4.69) is 48.1 Å². The fraction of sp³-hybridized carbons (Fsp3) is 0.722. The summed E-state index contributed by atoms with van der Waals surface area (Å²) < 4.78 is 0. The zero-order valence-corrected chi connectivity index (χ0v) is 13.9. The molecule has 1 aromatic rings. The Morgan fingerprint density at radius 2 is 2.10 bits per heavy atom. The summed E-state index contributed by atoms with van der Waals surface area (Å²) >= 11 is 0. The van der Waals surface area contributed by atoms with Crippen LogP contribution in [0.2, 0.25) is 0 Å². The molecule has 0 bridgehead atoms. The van der Waals surface area contributed by atoms with Crippen molar-refractivity contribution in [1.82, 2.24) is 15.2 Å². The largest absolute Gasteiger partial charge is 0.317 e. The number of aromatic nitrogens is 1. The van der Waals surface area contributed by atoms with Gasteiger partial charge in [-0.2, -0.15) is 0 Å². The predicted octanol–water partition coefficient (Wildman–Crippen LogP) is 3.46. The van der Waals surface area contributed by atoms with E-state index >= 15 is 0 Å². The van der Waals surface area contributed by atoms with Crippen LogP contribution in [0.4, 0.5) is 0 Å². The molecule has 2 heterocycles. The summed E-state index contributed by atoms with van der Waals surface area (Å²) in [4.78, 5) is 7.19. The van der Waals surface area contributed by atoms with Crippen LogP contribution in [0.3, 0.4) is 0 Å². The highest BCUT2D eigenvalue weighted by atomic mass is 15.2. The summed E-state index contributed by atoms with van der Waals surface area (Å²) in [6.45, 7) is 11.5. The summed E-state index contributed by atoms with van der Waals surface area (Å²) in [6, 6.07) is 6.95. The Bertz CT molecular complexity index is 389. The van der Waals surface area contributed by atoms with E-state index in [0.717, 1.165) is 13.1 Å². The van der Waals surface area contributed by atoms with E-state index in [1.807, 2.05) is 12.3 Å². The molecule has 21 heavy (non-hydrogen) atoms. The average Bonchev–Trinajstić information content (AvgIpc) is 2.72. The van der Waals surface area contributed by atoms with Crippen molar-refractivity contribution in [2.75, 3.05) is 19.6 Å². The van der Waals surface area contributed by atoms with E-state index in [9.17, 15) is 0 Å². The molecule has 0 aliphatic carbocycles. The van der Waals surface area contributed by atoms with E-state index < -0.39 is 0 Å². The van der Waals surface area contributed by atoms with Crippen molar-refractivity contribution in [3.05, 3.63) is 30.1 Å². The van der Waals surface area contributed by atoms with E-state index in [0.29, 0.717) is 11.5 Å². The summed E-state index contributed by atoms with van der Waals surface area (Å²) in [7, 11) is 0. The molecule has 1 atom stereocenters. The number of nitrogens with zero attached hydrogens (tertiary/aromatic N) is 2. The molecule has 1 N–H and O–H groups in total. The molecule has 2 rings (SSSR count). The smallest absolute Gasteiger partial charge is 0.0544 e. The first-order valence-electron chi connectivity index (χ1n) is 8.39. The minimum Gasteiger partial charge on any atom is -0.317 e. The molecule has 0 aromatic carbocycles. The predicted molar refractivity (Wildman–Crippen MR) is 89.2 cm³/mol. The van der Waals surface area contributed by atoms with Gasteiger partial charge in [0.05, 0.1) is 5.69 Å². The normalized spacial score (nSPS) is 20.5. The Hall–Kier alpha value is -0.930. The first kappa shape index (κ1) is 16.4. The van der Waals surface area contributed by atoms with Gasteiger partial charge in [-0.3, -0.25) is 9.88 Å². The molecular weight excluding hydrogens is 258 g/mol. The van der Waals surface area contributed by atoms with Crippen molar-refractivity contribution < 1.29 is 0 Å². The second kappa shape index (κ2) is 7.90. The number of hydrogen-bond donors (Lipinski definition) is 1. The molecule has 1 aliphatic rings. The topological polar surface area (TPSA) is 28.2 Å². The van der Waals surface area contributed by atoms with Crippen molar-refractivity contribution in [3.63, 3.8) is 0 Å². The minimum absolute atomic E-state index is 0.394. The average molecular weight is 289 g/mol. The number of hydrogen-bond acceptors (Lipinski definition) is 3. The molecule has 1 fully saturated rings. The summed E-state index contributed by atoms with van der Waals surface area (Å²) in [5.41, 5.74) is 1.59. The first-order chi connectivity index (χ1) is 10.0. The van der Waals surface area contributed by atoms with Gasteiger partial charge in [0.1, 0.15) is 0 Å². The van der Waals surface area contributed by atoms with E-state index in [-0.39, 0.29) is 0 Å². The van der Waals surface area contributed by atoms with Gasteiger partial charge >= 0.3 is 0 Å². The van der Waals surface area contributed by atoms with Crippen molar-refractivity contribution in [2.24, 2.45) is 5.41 Å². The van der Waals surface area contributed by atoms with Gasteiger partial charge in [0, 0.05) is 18.8 Å². The lowest BCUT2D eigenvalue weighted by atomic mass is 9.91. The second-order valence-electron chi connectivity index (χ2n) is 7.44. The monoisotopic (exact) mass is 289 g/mol. The Balaban J connectivity index is 2.01. The van der Waals surface area contributed by atoms with Crippen LogP contribution in [0.15, 0.2) is 24.4 Å². The van der Waals surface area contributed by atoms with Crippen LogP contribution in [0, 0.1) is 5.41 Å². The Kier molecular flexibility index (Phi) is 6.19. The van der Waals surface area contributed by atoms with Crippen LogP contribution in [0.25, 0.3) is 0 Å². The Morgan fingerprint density at radius 3 is 2.81 bits per heavy atom. The third kappa shape index (κ3) is 6.15. The minimum atomic E-state index is 0.394. The van der Waals surface area contributed by atoms with Gasteiger partial charge in [-0.15, -0.1) is 0 Å². The van der Waals surface area contributed by atoms with Gasteiger partial charge in [0.15, 0.2) is 0 Å². The fourth-order valence-electron chi connectivity index (χ4n) is 2.94. The molecular formula is C18H31N3. The Morgan fingerprint density at radius 1 is 1.24 bits per heavy atom. The summed E-state index contributed by atoms with van der Waals surface area (Å²) in [6.07, 6.45) is 7.01. The van der Waals surface area contributed by atoms with Gasteiger partial charge < -0.3 is 5.32 Å². The molecule has 1 saturated heterocycles. The maximum absolute atomic E-state index is 4.52. The van der Waals surface area contributed by atoms with Crippen LogP contribution in [-0.2, 0) is 6.54 Å². The van der Waals surface area contributed by atoms with Crippen molar-refractivity contribution in [1.29, 1.82) is 0 Å². The SMILES string of the molecule is CC(C)(C)CCN(Cc1ccccn1)C1CCCNCC1. The number of nitrogens with one attached hydrogen (secondary N) is 1. The van der Waals surface area contributed by atoms with Gasteiger partial charge in [-0.05, 0) is 62.9 Å². The number of rotatable bonds is 5. The molecule has 1 aliphatic heterocycles. The standard InChI is InChI=1S/C18H31N3/c1-18(2,3)10-14-21(15-16-7-4-5-12-20-16)17-8-6-11-19-13-9-17/h4-5,7,12,17,19H,6,8-11,13-15H2,1-3H3. The van der Waals surface area contributed by atoms with Crippen molar-refractivity contribution >= 4 is 0 Å². The molecule has 3 nitrogen and oxygen atoms in total. The molecule has 1 aromatic heterocycles. The van der Waals surface area contributed by atoms with Crippen LogP contribution >= 0.6 is 0 Å². The maximum Gasteiger partial charge on any atom is 0.0544 e. The summed E-state index contributed by atoms with van der Waals surface area (Å²) in [5.74, 6) is 0. The zero-order chi connectivity index (χ0) is 15.1. The lowest BCUT2D eigenvalue weighted by Crippen LogP contribution is -2.37. The highest BCUT2D eigenvalue weighted by Crippen LogP contribution is 2.23. The van der Waals surface area contributed by atoms with Crippen LogP contribution < -0.4 is 5.32 Å². The van der Waals surface area contributed by atoms with Crippen LogP contribution in [-0.4, -0.2) is 35.6 Å².